The largest absolute Gasteiger partial charge is 0.326 e. The van der Waals surface area contributed by atoms with Crippen LogP contribution in [0.5, 0.6) is 0 Å². The fourth-order valence-electron chi connectivity index (χ4n) is 2.22. The number of nitrogens with zero attached hydrogens (tertiary/aromatic N) is 1. The Labute approximate surface area is 85.8 Å². The topological polar surface area (TPSA) is 32.3 Å². The van der Waals surface area contributed by atoms with Crippen LogP contribution in [0.25, 0.3) is 0 Å². The summed E-state index contributed by atoms with van der Waals surface area (Å²) in [5.74, 6) is 0.350. The molecule has 0 bridgehead atoms. The van der Waals surface area contributed by atoms with Crippen LogP contribution in [0, 0.1) is 0 Å². The summed E-state index contributed by atoms with van der Waals surface area (Å²) in [5.41, 5.74) is 0. The van der Waals surface area contributed by atoms with Crippen LogP contribution < -0.4 is 5.32 Å². The summed E-state index contributed by atoms with van der Waals surface area (Å²) >= 11 is 0. The van der Waals surface area contributed by atoms with Crippen LogP contribution >= 0.6 is 0 Å². The lowest BCUT2D eigenvalue weighted by atomic mass is 9.91. The zero-order valence-electron chi connectivity index (χ0n) is 8.96. The molecule has 14 heavy (non-hydrogen) atoms. The highest BCUT2D eigenvalue weighted by molar-refractivity contribution is 5.84. The molecule has 1 saturated carbocycles. The molecule has 0 radical (unpaired) electrons. The van der Waals surface area contributed by atoms with Gasteiger partial charge < -0.3 is 4.90 Å². The Balaban J connectivity index is 1.83. The van der Waals surface area contributed by atoms with E-state index in [2.05, 4.69) is 12.2 Å². The number of carbonyl (C=O) groups is 1. The third-order valence-corrected chi connectivity index (χ3v) is 3.45. The third kappa shape index (κ3) is 1.78. The number of amides is 1. The van der Waals surface area contributed by atoms with Crippen molar-refractivity contribution in [2.75, 3.05) is 6.67 Å². The Morgan fingerprint density at radius 2 is 2.29 bits per heavy atom. The molecule has 0 aromatic rings. The summed E-state index contributed by atoms with van der Waals surface area (Å²) in [6.45, 7) is 2.96. The SMILES string of the molecule is CCCCC1NCN(C2CCC2)C1=O. The van der Waals surface area contributed by atoms with Gasteiger partial charge in [0.15, 0.2) is 0 Å². The lowest BCUT2D eigenvalue weighted by molar-refractivity contribution is -0.132. The van der Waals surface area contributed by atoms with Crippen molar-refractivity contribution in [3.63, 3.8) is 0 Å². The van der Waals surface area contributed by atoms with Crippen LogP contribution in [0.15, 0.2) is 0 Å². The van der Waals surface area contributed by atoms with Crippen molar-refractivity contribution in [2.45, 2.75) is 57.5 Å². The van der Waals surface area contributed by atoms with Crippen LogP contribution in [0.3, 0.4) is 0 Å². The zero-order valence-corrected chi connectivity index (χ0v) is 8.96. The first kappa shape index (κ1) is 9.97. The second-order valence-corrected chi connectivity index (χ2v) is 4.45. The molecular weight excluding hydrogens is 176 g/mol. The van der Waals surface area contributed by atoms with E-state index in [1.165, 1.54) is 25.7 Å². The molecule has 1 saturated heterocycles. The van der Waals surface area contributed by atoms with E-state index in [-0.39, 0.29) is 6.04 Å². The minimum absolute atomic E-state index is 0.121. The average Bonchev–Trinajstić information content (AvgIpc) is 2.43. The van der Waals surface area contributed by atoms with Crippen LogP contribution in [-0.2, 0) is 4.79 Å². The number of unbranched alkanes of at least 4 members (excludes halogenated alkanes) is 1. The maximum absolute atomic E-state index is 11.9. The van der Waals surface area contributed by atoms with Gasteiger partial charge in [-0.2, -0.15) is 0 Å². The minimum Gasteiger partial charge on any atom is -0.326 e. The van der Waals surface area contributed by atoms with Crippen molar-refractivity contribution in [2.24, 2.45) is 0 Å². The molecule has 1 heterocycles. The molecule has 0 aromatic heterocycles. The van der Waals surface area contributed by atoms with Crippen molar-refractivity contribution < 1.29 is 4.79 Å². The molecular formula is C11H20N2O. The van der Waals surface area contributed by atoms with E-state index in [1.807, 2.05) is 4.90 Å². The summed E-state index contributed by atoms with van der Waals surface area (Å²) in [4.78, 5) is 14.0. The molecule has 3 heteroatoms. The molecule has 1 amide bonds. The predicted molar refractivity (Wildman–Crippen MR) is 55.8 cm³/mol. The van der Waals surface area contributed by atoms with E-state index in [4.69, 9.17) is 0 Å². The molecule has 2 aliphatic rings. The Bertz CT molecular complexity index is 213. The summed E-state index contributed by atoms with van der Waals surface area (Å²) in [5, 5.41) is 3.32. The molecule has 1 unspecified atom stereocenters. The maximum atomic E-state index is 11.9. The number of hydrogen-bond acceptors (Lipinski definition) is 2. The molecule has 0 spiro atoms. The fraction of sp³-hybridized carbons (Fsp3) is 0.909. The molecule has 1 N–H and O–H groups in total. The van der Waals surface area contributed by atoms with Gasteiger partial charge in [0.05, 0.1) is 12.7 Å². The Morgan fingerprint density at radius 1 is 1.50 bits per heavy atom. The summed E-state index contributed by atoms with van der Waals surface area (Å²) in [6.07, 6.45) is 7.07. The molecule has 1 aliphatic heterocycles. The standard InChI is InChI=1S/C11H20N2O/c1-2-3-7-10-11(14)13(8-12-10)9-5-4-6-9/h9-10,12H,2-8H2,1H3. The lowest BCUT2D eigenvalue weighted by Gasteiger charge is -2.34. The van der Waals surface area contributed by atoms with E-state index in [0.717, 1.165) is 19.5 Å². The van der Waals surface area contributed by atoms with Crippen molar-refractivity contribution in [3.8, 4) is 0 Å². The zero-order chi connectivity index (χ0) is 9.97. The van der Waals surface area contributed by atoms with Crippen molar-refractivity contribution >= 4 is 5.91 Å². The quantitative estimate of drug-likeness (QED) is 0.738. The summed E-state index contributed by atoms with van der Waals surface area (Å²) in [6, 6.07) is 0.678. The first-order valence-electron chi connectivity index (χ1n) is 5.86. The Kier molecular flexibility index (Phi) is 3.06. The molecule has 1 atom stereocenters. The fourth-order valence-corrected chi connectivity index (χ4v) is 2.22. The number of nitrogens with one attached hydrogen (secondary N) is 1. The Hall–Kier alpha value is -0.570. The van der Waals surface area contributed by atoms with Crippen molar-refractivity contribution in [1.29, 1.82) is 0 Å². The third-order valence-electron chi connectivity index (χ3n) is 3.45. The first-order chi connectivity index (χ1) is 6.83. The highest BCUT2D eigenvalue weighted by atomic mass is 16.2. The molecule has 2 rings (SSSR count). The van der Waals surface area contributed by atoms with Crippen LogP contribution in [0.4, 0.5) is 0 Å². The van der Waals surface area contributed by atoms with Crippen molar-refractivity contribution in [3.05, 3.63) is 0 Å². The van der Waals surface area contributed by atoms with Crippen LogP contribution in [0.1, 0.15) is 45.4 Å². The monoisotopic (exact) mass is 196 g/mol. The normalized spacial score (nSPS) is 28.2. The van der Waals surface area contributed by atoms with Gasteiger partial charge in [0.25, 0.3) is 0 Å². The summed E-state index contributed by atoms with van der Waals surface area (Å²) < 4.78 is 0. The van der Waals surface area contributed by atoms with E-state index in [0.29, 0.717) is 11.9 Å². The van der Waals surface area contributed by atoms with E-state index >= 15 is 0 Å². The molecule has 1 aliphatic carbocycles. The van der Waals surface area contributed by atoms with E-state index in [1.54, 1.807) is 0 Å². The van der Waals surface area contributed by atoms with Gasteiger partial charge in [-0.05, 0) is 25.7 Å². The van der Waals surface area contributed by atoms with Gasteiger partial charge in [-0.1, -0.05) is 19.8 Å². The van der Waals surface area contributed by atoms with Gasteiger partial charge in [0, 0.05) is 6.04 Å². The molecule has 3 nitrogen and oxygen atoms in total. The second kappa shape index (κ2) is 4.30. The molecule has 0 aromatic carbocycles. The number of carbonyl (C=O) groups excluding carboxylic acids is 1. The van der Waals surface area contributed by atoms with Gasteiger partial charge in [0.1, 0.15) is 0 Å². The van der Waals surface area contributed by atoms with Gasteiger partial charge in [0.2, 0.25) is 5.91 Å². The van der Waals surface area contributed by atoms with E-state index in [9.17, 15) is 4.79 Å². The first-order valence-corrected chi connectivity index (χ1v) is 5.86. The smallest absolute Gasteiger partial charge is 0.241 e. The molecule has 80 valence electrons. The lowest BCUT2D eigenvalue weighted by Crippen LogP contribution is -2.42. The minimum atomic E-state index is 0.121. The Morgan fingerprint density at radius 3 is 2.86 bits per heavy atom. The summed E-state index contributed by atoms with van der Waals surface area (Å²) in [7, 11) is 0. The van der Waals surface area contributed by atoms with Crippen LogP contribution in [-0.4, -0.2) is 29.6 Å². The number of hydrogen-bond donors (Lipinski definition) is 1. The van der Waals surface area contributed by atoms with Gasteiger partial charge in [-0.15, -0.1) is 0 Å². The predicted octanol–water partition coefficient (Wildman–Crippen LogP) is 1.49. The average molecular weight is 196 g/mol. The molecule has 2 fully saturated rings. The second-order valence-electron chi connectivity index (χ2n) is 4.45. The highest BCUT2D eigenvalue weighted by Crippen LogP contribution is 2.27. The van der Waals surface area contributed by atoms with Gasteiger partial charge >= 0.3 is 0 Å². The maximum Gasteiger partial charge on any atom is 0.241 e. The highest BCUT2D eigenvalue weighted by Gasteiger charge is 2.36. The van der Waals surface area contributed by atoms with Gasteiger partial charge in [-0.3, -0.25) is 10.1 Å². The number of rotatable bonds is 4. The van der Waals surface area contributed by atoms with Crippen LogP contribution in [0.2, 0.25) is 0 Å². The van der Waals surface area contributed by atoms with Gasteiger partial charge in [-0.25, -0.2) is 0 Å². The van der Waals surface area contributed by atoms with E-state index < -0.39 is 0 Å². The van der Waals surface area contributed by atoms with Crippen molar-refractivity contribution in [1.82, 2.24) is 10.2 Å².